The van der Waals surface area contributed by atoms with Gasteiger partial charge in [0.2, 0.25) is 0 Å². The molecule has 3 rings (SSSR count). The van der Waals surface area contributed by atoms with E-state index in [4.69, 9.17) is 0 Å². The second-order valence-electron chi connectivity index (χ2n) is 7.70. The highest BCUT2D eigenvalue weighted by atomic mass is 32.1. The summed E-state index contributed by atoms with van der Waals surface area (Å²) in [5, 5.41) is 21.4. The zero-order valence-electron chi connectivity index (χ0n) is 17.1. The van der Waals surface area contributed by atoms with Gasteiger partial charge in [-0.2, -0.15) is 11.3 Å². The molecule has 2 heterocycles. The lowest BCUT2D eigenvalue weighted by atomic mass is 9.99. The maximum atomic E-state index is 10.7. The van der Waals surface area contributed by atoms with Crippen molar-refractivity contribution in [3.05, 3.63) is 57.8 Å². The van der Waals surface area contributed by atoms with Crippen LogP contribution in [0.25, 0.3) is 0 Å². The van der Waals surface area contributed by atoms with Crippen molar-refractivity contribution < 1.29 is 5.11 Å². The average molecular weight is 401 g/mol. The molecule has 0 bridgehead atoms. The second kappa shape index (κ2) is 9.54. The zero-order valence-corrected chi connectivity index (χ0v) is 17.9. The van der Waals surface area contributed by atoms with Gasteiger partial charge >= 0.3 is 0 Å². The molecular formula is C22H32N4OS. The lowest BCUT2D eigenvalue weighted by molar-refractivity contribution is 0.0677. The van der Waals surface area contributed by atoms with Crippen molar-refractivity contribution in [1.29, 1.82) is 0 Å². The maximum Gasteiger partial charge on any atom is 0.191 e. The van der Waals surface area contributed by atoms with E-state index >= 15 is 0 Å². The Hall–Kier alpha value is -1.89. The Morgan fingerprint density at radius 2 is 2.07 bits per heavy atom. The van der Waals surface area contributed by atoms with Gasteiger partial charge in [-0.25, -0.2) is 4.99 Å². The van der Waals surface area contributed by atoms with Crippen molar-refractivity contribution in [2.75, 3.05) is 26.2 Å². The third kappa shape index (κ3) is 5.34. The van der Waals surface area contributed by atoms with Crippen LogP contribution in [0.1, 0.15) is 37.5 Å². The SMILES string of the molecule is CCNC(=NCC(C)(O)c1ccsc1)NCC(C)N1CCc2ccccc2C1. The molecule has 0 aliphatic carbocycles. The van der Waals surface area contributed by atoms with E-state index < -0.39 is 5.60 Å². The highest BCUT2D eigenvalue weighted by molar-refractivity contribution is 7.08. The van der Waals surface area contributed by atoms with Crippen molar-refractivity contribution in [2.45, 2.75) is 45.4 Å². The summed E-state index contributed by atoms with van der Waals surface area (Å²) in [5.74, 6) is 0.752. The predicted octanol–water partition coefficient (Wildman–Crippen LogP) is 2.96. The Morgan fingerprint density at radius 1 is 1.29 bits per heavy atom. The first kappa shape index (κ1) is 20.8. The summed E-state index contributed by atoms with van der Waals surface area (Å²) in [5.41, 5.74) is 2.87. The van der Waals surface area contributed by atoms with Gasteiger partial charge in [0, 0.05) is 32.2 Å². The topological polar surface area (TPSA) is 59.9 Å². The third-order valence-corrected chi connectivity index (χ3v) is 6.06. The van der Waals surface area contributed by atoms with Gasteiger partial charge in [0.1, 0.15) is 5.60 Å². The molecule has 28 heavy (non-hydrogen) atoms. The molecule has 0 saturated carbocycles. The highest BCUT2D eigenvalue weighted by Gasteiger charge is 2.24. The fourth-order valence-corrected chi connectivity index (χ4v) is 4.29. The van der Waals surface area contributed by atoms with Crippen molar-refractivity contribution in [2.24, 2.45) is 4.99 Å². The Morgan fingerprint density at radius 3 is 2.79 bits per heavy atom. The van der Waals surface area contributed by atoms with E-state index in [0.717, 1.165) is 44.1 Å². The number of hydrogen-bond acceptors (Lipinski definition) is 4. The minimum atomic E-state index is -0.954. The van der Waals surface area contributed by atoms with E-state index in [9.17, 15) is 5.11 Å². The van der Waals surface area contributed by atoms with Crippen LogP contribution >= 0.6 is 11.3 Å². The minimum Gasteiger partial charge on any atom is -0.383 e. The fourth-order valence-electron chi connectivity index (χ4n) is 3.50. The molecule has 2 atom stereocenters. The van der Waals surface area contributed by atoms with Crippen molar-refractivity contribution in [1.82, 2.24) is 15.5 Å². The summed E-state index contributed by atoms with van der Waals surface area (Å²) >= 11 is 1.59. The Labute approximate surface area is 172 Å². The molecule has 1 aromatic carbocycles. The van der Waals surface area contributed by atoms with Crippen LogP contribution in [0.2, 0.25) is 0 Å². The molecular weight excluding hydrogens is 368 g/mol. The van der Waals surface area contributed by atoms with Gasteiger partial charge in [0.05, 0.1) is 6.54 Å². The molecule has 2 aromatic rings. The number of nitrogens with one attached hydrogen (secondary N) is 2. The Balaban J connectivity index is 1.56. The number of aliphatic imine (C=N–C) groups is 1. The normalized spacial score (nSPS) is 18.2. The lowest BCUT2D eigenvalue weighted by Crippen LogP contribution is -2.47. The predicted molar refractivity (Wildman–Crippen MR) is 118 cm³/mol. The van der Waals surface area contributed by atoms with Crippen molar-refractivity contribution >= 4 is 17.3 Å². The molecule has 1 aliphatic heterocycles. The summed E-state index contributed by atoms with van der Waals surface area (Å²) in [6, 6.07) is 11.1. The van der Waals surface area contributed by atoms with Crippen LogP contribution in [0.5, 0.6) is 0 Å². The van der Waals surface area contributed by atoms with E-state index in [1.165, 1.54) is 11.1 Å². The minimum absolute atomic E-state index is 0.324. The van der Waals surface area contributed by atoms with Gasteiger partial charge in [0.25, 0.3) is 0 Å². The fraction of sp³-hybridized carbons (Fsp3) is 0.500. The van der Waals surface area contributed by atoms with Gasteiger partial charge in [-0.15, -0.1) is 0 Å². The number of hydrogen-bond donors (Lipinski definition) is 3. The largest absolute Gasteiger partial charge is 0.383 e. The number of benzene rings is 1. The van der Waals surface area contributed by atoms with Gasteiger partial charge in [0.15, 0.2) is 5.96 Å². The standard InChI is InChI=1S/C22H32N4OS/c1-4-23-21(25-16-22(3,27)20-10-12-28-15-20)24-13-17(2)26-11-9-18-7-5-6-8-19(18)14-26/h5-8,10,12,15,17,27H,4,9,11,13-14,16H2,1-3H3,(H2,23,24,25). The van der Waals surface area contributed by atoms with E-state index in [-0.39, 0.29) is 0 Å². The number of aliphatic hydroxyl groups is 1. The van der Waals surface area contributed by atoms with E-state index in [2.05, 4.69) is 58.6 Å². The van der Waals surface area contributed by atoms with Crippen molar-refractivity contribution in [3.63, 3.8) is 0 Å². The molecule has 3 N–H and O–H groups in total. The highest BCUT2D eigenvalue weighted by Crippen LogP contribution is 2.23. The molecule has 5 nitrogen and oxygen atoms in total. The molecule has 0 saturated heterocycles. The van der Waals surface area contributed by atoms with Crippen LogP contribution in [-0.4, -0.2) is 48.2 Å². The third-order valence-electron chi connectivity index (χ3n) is 5.38. The quantitative estimate of drug-likeness (QED) is 0.494. The number of thiophene rings is 1. The molecule has 2 unspecified atom stereocenters. The zero-order chi connectivity index (χ0) is 20.0. The first-order valence-electron chi connectivity index (χ1n) is 10.1. The Bertz CT molecular complexity index is 773. The molecule has 0 spiro atoms. The molecule has 0 fully saturated rings. The monoisotopic (exact) mass is 400 g/mol. The summed E-state index contributed by atoms with van der Waals surface area (Å²) < 4.78 is 0. The molecule has 1 aliphatic rings. The van der Waals surface area contributed by atoms with Crippen LogP contribution in [0.15, 0.2) is 46.1 Å². The lowest BCUT2D eigenvalue weighted by Gasteiger charge is -2.34. The van der Waals surface area contributed by atoms with Crippen LogP contribution in [0.3, 0.4) is 0 Å². The summed E-state index contributed by atoms with van der Waals surface area (Å²) in [4.78, 5) is 7.14. The summed E-state index contributed by atoms with van der Waals surface area (Å²) in [6.07, 6.45) is 1.11. The average Bonchev–Trinajstić information content (AvgIpc) is 3.25. The van der Waals surface area contributed by atoms with E-state index in [0.29, 0.717) is 12.6 Å². The maximum absolute atomic E-state index is 10.7. The second-order valence-corrected chi connectivity index (χ2v) is 8.48. The Kier molecular flexibility index (Phi) is 7.10. The van der Waals surface area contributed by atoms with Crippen LogP contribution in [0, 0.1) is 0 Å². The van der Waals surface area contributed by atoms with Crippen LogP contribution in [0.4, 0.5) is 0 Å². The summed E-state index contributed by atoms with van der Waals surface area (Å²) in [6.45, 7) is 10.1. The first-order valence-corrected chi connectivity index (χ1v) is 11.0. The number of guanidine groups is 1. The van der Waals surface area contributed by atoms with Crippen LogP contribution < -0.4 is 10.6 Å². The van der Waals surface area contributed by atoms with Gasteiger partial charge < -0.3 is 15.7 Å². The molecule has 1 aromatic heterocycles. The van der Waals surface area contributed by atoms with Gasteiger partial charge in [-0.3, -0.25) is 4.90 Å². The first-order chi connectivity index (χ1) is 13.5. The van der Waals surface area contributed by atoms with Crippen molar-refractivity contribution in [3.8, 4) is 0 Å². The van der Waals surface area contributed by atoms with Gasteiger partial charge in [-0.1, -0.05) is 24.3 Å². The smallest absolute Gasteiger partial charge is 0.191 e. The summed E-state index contributed by atoms with van der Waals surface area (Å²) in [7, 11) is 0. The molecule has 0 amide bonds. The number of fused-ring (bicyclic) bond motifs is 1. The van der Waals surface area contributed by atoms with E-state index in [1.807, 2.05) is 23.8 Å². The molecule has 152 valence electrons. The van der Waals surface area contributed by atoms with E-state index in [1.54, 1.807) is 11.3 Å². The van der Waals surface area contributed by atoms with Crippen LogP contribution in [-0.2, 0) is 18.6 Å². The molecule has 6 heteroatoms. The number of rotatable bonds is 7. The molecule has 0 radical (unpaired) electrons. The van der Waals surface area contributed by atoms with Gasteiger partial charge in [-0.05, 0) is 60.7 Å². The number of nitrogens with zero attached hydrogens (tertiary/aromatic N) is 2.